The topological polar surface area (TPSA) is 56.7 Å². The van der Waals surface area contributed by atoms with Crippen LogP contribution in [0.15, 0.2) is 34.9 Å². The van der Waals surface area contributed by atoms with Gasteiger partial charge in [-0.1, -0.05) is 22.0 Å². The lowest BCUT2D eigenvalue weighted by Gasteiger charge is -2.07. The van der Waals surface area contributed by atoms with E-state index < -0.39 is 0 Å². The van der Waals surface area contributed by atoms with Gasteiger partial charge in [-0.2, -0.15) is 0 Å². The van der Waals surface area contributed by atoms with Gasteiger partial charge in [0.15, 0.2) is 0 Å². The number of aryl methyl sites for hydroxylation is 1. The van der Waals surface area contributed by atoms with Crippen molar-refractivity contribution in [2.75, 3.05) is 5.73 Å². The average Bonchev–Trinajstić information content (AvgIpc) is 3.26. The zero-order chi connectivity index (χ0) is 14.6. The van der Waals surface area contributed by atoms with E-state index in [-0.39, 0.29) is 0 Å². The van der Waals surface area contributed by atoms with Crippen molar-refractivity contribution in [3.63, 3.8) is 0 Å². The zero-order valence-corrected chi connectivity index (χ0v) is 13.3. The molecule has 1 aliphatic rings. The molecule has 0 amide bonds. The first-order valence-corrected chi connectivity index (χ1v) is 7.84. The SMILES string of the molecule is Cc1nc(-c2ccc(Br)c3cccnc23)c(N)n1C1CC1. The van der Waals surface area contributed by atoms with Gasteiger partial charge in [0.05, 0.1) is 5.52 Å². The number of nitrogens with zero attached hydrogens (tertiary/aromatic N) is 3. The Hall–Kier alpha value is -1.88. The Labute approximate surface area is 131 Å². The maximum absolute atomic E-state index is 6.37. The number of hydrogen-bond acceptors (Lipinski definition) is 3. The average molecular weight is 343 g/mol. The molecular weight excluding hydrogens is 328 g/mol. The van der Waals surface area contributed by atoms with Gasteiger partial charge in [0.2, 0.25) is 0 Å². The number of aromatic nitrogens is 3. The van der Waals surface area contributed by atoms with Crippen molar-refractivity contribution >= 4 is 32.7 Å². The summed E-state index contributed by atoms with van der Waals surface area (Å²) in [5, 5.41) is 1.08. The standard InChI is InChI=1S/C16H15BrN4/c1-9-20-15(16(18)21(9)10-4-5-10)12-6-7-13(17)11-3-2-8-19-14(11)12/h2-3,6-8,10H,4-5,18H2,1H3. The van der Waals surface area contributed by atoms with Gasteiger partial charge < -0.3 is 10.3 Å². The Balaban J connectivity index is 1.99. The van der Waals surface area contributed by atoms with E-state index in [4.69, 9.17) is 10.7 Å². The van der Waals surface area contributed by atoms with Gasteiger partial charge >= 0.3 is 0 Å². The number of fused-ring (bicyclic) bond motifs is 1. The number of nitrogen functional groups attached to an aromatic ring is 1. The van der Waals surface area contributed by atoms with Crippen molar-refractivity contribution in [2.24, 2.45) is 0 Å². The van der Waals surface area contributed by atoms with Gasteiger partial charge in [0.25, 0.3) is 0 Å². The molecule has 5 heteroatoms. The molecule has 1 aliphatic carbocycles. The van der Waals surface area contributed by atoms with E-state index in [9.17, 15) is 0 Å². The molecule has 2 heterocycles. The van der Waals surface area contributed by atoms with Gasteiger partial charge in [-0.25, -0.2) is 4.98 Å². The second-order valence-corrected chi connectivity index (χ2v) is 6.34. The molecule has 2 aromatic heterocycles. The largest absolute Gasteiger partial charge is 0.383 e. The summed E-state index contributed by atoms with van der Waals surface area (Å²) in [6, 6.07) is 8.59. The molecule has 1 saturated carbocycles. The normalized spacial score (nSPS) is 14.8. The monoisotopic (exact) mass is 342 g/mol. The minimum atomic E-state index is 0.529. The molecule has 4 nitrogen and oxygen atoms in total. The highest BCUT2D eigenvalue weighted by molar-refractivity contribution is 9.10. The Morgan fingerprint density at radius 1 is 1.29 bits per heavy atom. The number of anilines is 1. The summed E-state index contributed by atoms with van der Waals surface area (Å²) in [6.07, 6.45) is 4.19. The summed E-state index contributed by atoms with van der Waals surface area (Å²) in [5.74, 6) is 1.74. The second-order valence-electron chi connectivity index (χ2n) is 5.49. The smallest absolute Gasteiger partial charge is 0.132 e. The van der Waals surface area contributed by atoms with Crippen LogP contribution in [0.4, 0.5) is 5.82 Å². The van der Waals surface area contributed by atoms with Crippen molar-refractivity contribution in [3.05, 3.63) is 40.8 Å². The number of hydrogen-bond donors (Lipinski definition) is 1. The molecule has 0 spiro atoms. The van der Waals surface area contributed by atoms with Crippen molar-refractivity contribution in [1.82, 2.24) is 14.5 Å². The minimum absolute atomic E-state index is 0.529. The quantitative estimate of drug-likeness (QED) is 0.763. The third-order valence-electron chi connectivity index (χ3n) is 4.01. The first-order valence-electron chi connectivity index (χ1n) is 7.04. The van der Waals surface area contributed by atoms with Crippen molar-refractivity contribution < 1.29 is 0 Å². The van der Waals surface area contributed by atoms with Crippen LogP contribution in [0.3, 0.4) is 0 Å². The Bertz CT molecular complexity index is 849. The molecule has 1 aromatic carbocycles. The maximum Gasteiger partial charge on any atom is 0.132 e. The summed E-state index contributed by atoms with van der Waals surface area (Å²) < 4.78 is 3.19. The van der Waals surface area contributed by atoms with E-state index in [0.29, 0.717) is 6.04 Å². The fraction of sp³-hybridized carbons (Fsp3) is 0.250. The van der Waals surface area contributed by atoms with Crippen LogP contribution < -0.4 is 5.73 Å². The molecule has 3 aromatic rings. The van der Waals surface area contributed by atoms with Crippen LogP contribution in [0.2, 0.25) is 0 Å². The lowest BCUT2D eigenvalue weighted by Crippen LogP contribution is -2.02. The second kappa shape index (κ2) is 4.56. The van der Waals surface area contributed by atoms with E-state index in [1.807, 2.05) is 25.1 Å². The van der Waals surface area contributed by atoms with Crippen molar-refractivity contribution in [3.8, 4) is 11.3 Å². The number of imidazole rings is 1. The molecule has 2 N–H and O–H groups in total. The first kappa shape index (κ1) is 12.8. The molecule has 0 bridgehead atoms. The van der Waals surface area contributed by atoms with Gasteiger partial charge in [0, 0.05) is 27.7 Å². The van der Waals surface area contributed by atoms with Crippen LogP contribution >= 0.6 is 15.9 Å². The lowest BCUT2D eigenvalue weighted by atomic mass is 10.1. The van der Waals surface area contributed by atoms with Gasteiger partial charge in [0.1, 0.15) is 17.3 Å². The molecule has 4 rings (SSSR count). The van der Waals surface area contributed by atoms with E-state index in [2.05, 4.69) is 31.5 Å². The molecular formula is C16H15BrN4. The number of rotatable bonds is 2. The Morgan fingerprint density at radius 3 is 2.86 bits per heavy atom. The molecule has 106 valence electrons. The van der Waals surface area contributed by atoms with Crippen LogP contribution in [0.25, 0.3) is 22.2 Å². The number of halogens is 1. The maximum atomic E-state index is 6.37. The Morgan fingerprint density at radius 2 is 2.10 bits per heavy atom. The van der Waals surface area contributed by atoms with Crippen LogP contribution in [-0.2, 0) is 0 Å². The van der Waals surface area contributed by atoms with Crippen LogP contribution in [0, 0.1) is 6.92 Å². The summed E-state index contributed by atoms with van der Waals surface area (Å²) in [7, 11) is 0. The summed E-state index contributed by atoms with van der Waals surface area (Å²) in [5.41, 5.74) is 9.13. The molecule has 21 heavy (non-hydrogen) atoms. The number of benzene rings is 1. The molecule has 0 saturated heterocycles. The highest BCUT2D eigenvalue weighted by atomic mass is 79.9. The predicted molar refractivity (Wildman–Crippen MR) is 88.1 cm³/mol. The van der Waals surface area contributed by atoms with Crippen molar-refractivity contribution in [1.29, 1.82) is 0 Å². The van der Waals surface area contributed by atoms with Crippen LogP contribution in [0.5, 0.6) is 0 Å². The third kappa shape index (κ3) is 1.95. The minimum Gasteiger partial charge on any atom is -0.383 e. The fourth-order valence-corrected chi connectivity index (χ4v) is 3.33. The fourth-order valence-electron chi connectivity index (χ4n) is 2.88. The van der Waals surface area contributed by atoms with Crippen molar-refractivity contribution in [2.45, 2.75) is 25.8 Å². The molecule has 1 fully saturated rings. The van der Waals surface area contributed by atoms with Gasteiger partial charge in [-0.05, 0) is 38.0 Å². The highest BCUT2D eigenvalue weighted by Gasteiger charge is 2.29. The Kier molecular flexibility index (Phi) is 2.79. The zero-order valence-electron chi connectivity index (χ0n) is 11.7. The highest BCUT2D eigenvalue weighted by Crippen LogP contribution is 2.42. The summed E-state index contributed by atoms with van der Waals surface area (Å²) >= 11 is 3.58. The molecule has 0 aliphatic heterocycles. The van der Waals surface area contributed by atoms with E-state index in [1.54, 1.807) is 6.20 Å². The molecule has 0 unspecified atom stereocenters. The van der Waals surface area contributed by atoms with Crippen LogP contribution in [0.1, 0.15) is 24.7 Å². The third-order valence-corrected chi connectivity index (χ3v) is 4.70. The molecule has 0 radical (unpaired) electrons. The van der Waals surface area contributed by atoms with E-state index in [1.165, 1.54) is 12.8 Å². The molecule has 0 atom stereocenters. The van der Waals surface area contributed by atoms with E-state index in [0.717, 1.165) is 38.3 Å². The van der Waals surface area contributed by atoms with Gasteiger partial charge in [-0.15, -0.1) is 0 Å². The predicted octanol–water partition coefficient (Wildman–Crippen LogP) is 4.09. The van der Waals surface area contributed by atoms with Crippen LogP contribution in [-0.4, -0.2) is 14.5 Å². The van der Waals surface area contributed by atoms with E-state index >= 15 is 0 Å². The summed E-state index contributed by atoms with van der Waals surface area (Å²) in [6.45, 7) is 2.02. The number of nitrogens with two attached hydrogens (primary N) is 1. The summed E-state index contributed by atoms with van der Waals surface area (Å²) in [4.78, 5) is 9.23. The van der Waals surface area contributed by atoms with Gasteiger partial charge in [-0.3, -0.25) is 4.98 Å². The number of pyridine rings is 1. The first-order chi connectivity index (χ1) is 10.2. The lowest BCUT2D eigenvalue weighted by molar-refractivity contribution is 0.720.